The third-order valence-corrected chi connectivity index (χ3v) is 3.43. The van der Waals surface area contributed by atoms with Crippen molar-refractivity contribution < 1.29 is 9.90 Å². The molecule has 1 aromatic carbocycles. The van der Waals surface area contributed by atoms with E-state index in [9.17, 15) is 4.79 Å². The molecule has 0 amide bonds. The molecule has 5 heteroatoms. The highest BCUT2D eigenvalue weighted by Gasteiger charge is 2.12. The molecular weight excluding hydrogens is 276 g/mol. The summed E-state index contributed by atoms with van der Waals surface area (Å²) in [5, 5.41) is 21.7. The smallest absolute Gasteiger partial charge is 0.306 e. The number of nitrogens with one attached hydrogen (secondary N) is 1. The SMILES string of the molecule is CC(CCCC(C)C(=O)O)Nc1cc(Cl)ccc1C#N. The fourth-order valence-electron chi connectivity index (χ4n) is 1.92. The molecule has 0 radical (unpaired) electrons. The summed E-state index contributed by atoms with van der Waals surface area (Å²) in [4.78, 5) is 10.7. The van der Waals surface area contributed by atoms with Crippen molar-refractivity contribution in [3.8, 4) is 6.07 Å². The molecule has 2 unspecified atom stereocenters. The Labute approximate surface area is 124 Å². The zero-order valence-corrected chi connectivity index (χ0v) is 12.4. The van der Waals surface area contributed by atoms with Gasteiger partial charge in [-0.3, -0.25) is 4.79 Å². The van der Waals surface area contributed by atoms with E-state index in [2.05, 4.69) is 11.4 Å². The van der Waals surface area contributed by atoms with E-state index in [0.717, 1.165) is 18.5 Å². The van der Waals surface area contributed by atoms with Gasteiger partial charge in [0.25, 0.3) is 0 Å². The van der Waals surface area contributed by atoms with Gasteiger partial charge >= 0.3 is 5.97 Å². The zero-order chi connectivity index (χ0) is 15.1. The van der Waals surface area contributed by atoms with Crippen molar-refractivity contribution in [2.24, 2.45) is 5.92 Å². The average molecular weight is 295 g/mol. The number of hydrogen-bond acceptors (Lipinski definition) is 3. The lowest BCUT2D eigenvalue weighted by Gasteiger charge is -2.17. The topological polar surface area (TPSA) is 73.1 Å². The fourth-order valence-corrected chi connectivity index (χ4v) is 2.10. The standard InChI is InChI=1S/C15H19ClN2O2/c1-10(15(19)20)4-3-5-11(2)18-14-8-13(16)7-6-12(14)9-17/h6-8,10-11,18H,3-5H2,1-2H3,(H,19,20). The molecule has 2 atom stereocenters. The summed E-state index contributed by atoms with van der Waals surface area (Å²) < 4.78 is 0. The Hall–Kier alpha value is -1.73. The second-order valence-corrected chi connectivity index (χ2v) is 5.45. The highest BCUT2D eigenvalue weighted by Crippen LogP contribution is 2.22. The van der Waals surface area contributed by atoms with E-state index in [-0.39, 0.29) is 12.0 Å². The quantitative estimate of drug-likeness (QED) is 0.800. The summed E-state index contributed by atoms with van der Waals surface area (Å²) >= 11 is 5.92. The maximum absolute atomic E-state index is 10.7. The van der Waals surface area contributed by atoms with Crippen molar-refractivity contribution in [3.63, 3.8) is 0 Å². The Morgan fingerprint density at radius 2 is 2.15 bits per heavy atom. The molecule has 20 heavy (non-hydrogen) atoms. The van der Waals surface area contributed by atoms with E-state index in [0.29, 0.717) is 17.0 Å². The second-order valence-electron chi connectivity index (χ2n) is 5.02. The molecule has 0 aliphatic carbocycles. The van der Waals surface area contributed by atoms with Gasteiger partial charge < -0.3 is 10.4 Å². The number of nitriles is 1. The first-order valence-electron chi connectivity index (χ1n) is 6.63. The van der Waals surface area contributed by atoms with Gasteiger partial charge in [-0.15, -0.1) is 0 Å². The Bertz CT molecular complexity index is 511. The maximum atomic E-state index is 10.7. The monoisotopic (exact) mass is 294 g/mol. The van der Waals surface area contributed by atoms with Crippen molar-refractivity contribution >= 4 is 23.3 Å². The number of carbonyl (C=O) groups is 1. The average Bonchev–Trinajstić information content (AvgIpc) is 2.38. The van der Waals surface area contributed by atoms with Crippen molar-refractivity contribution in [2.75, 3.05) is 5.32 Å². The molecule has 0 heterocycles. The van der Waals surface area contributed by atoms with Gasteiger partial charge in [-0.25, -0.2) is 0 Å². The molecule has 0 aliphatic heterocycles. The van der Waals surface area contributed by atoms with Crippen LogP contribution >= 0.6 is 11.6 Å². The number of halogens is 1. The normalized spacial score (nSPS) is 13.3. The van der Waals surface area contributed by atoms with Crippen LogP contribution in [0, 0.1) is 17.2 Å². The van der Waals surface area contributed by atoms with Gasteiger partial charge in [0.05, 0.1) is 17.2 Å². The molecule has 1 aromatic rings. The lowest BCUT2D eigenvalue weighted by atomic mass is 10.0. The number of rotatable bonds is 7. The number of benzene rings is 1. The van der Waals surface area contributed by atoms with Crippen LogP contribution in [0.5, 0.6) is 0 Å². The predicted octanol–water partition coefficient (Wildman–Crippen LogP) is 3.90. The van der Waals surface area contributed by atoms with Gasteiger partial charge in [0.15, 0.2) is 0 Å². The summed E-state index contributed by atoms with van der Waals surface area (Å²) in [5.74, 6) is -1.07. The third kappa shape index (κ3) is 5.10. The fraction of sp³-hybridized carbons (Fsp3) is 0.467. The lowest BCUT2D eigenvalue weighted by Crippen LogP contribution is -2.17. The number of aliphatic carboxylic acids is 1. The Kier molecular flexibility index (Phi) is 6.33. The van der Waals surface area contributed by atoms with E-state index in [4.69, 9.17) is 22.0 Å². The molecule has 0 aromatic heterocycles. The molecule has 0 saturated carbocycles. The van der Waals surface area contributed by atoms with Crippen LogP contribution in [-0.4, -0.2) is 17.1 Å². The van der Waals surface area contributed by atoms with Crippen molar-refractivity contribution in [3.05, 3.63) is 28.8 Å². The zero-order valence-electron chi connectivity index (χ0n) is 11.7. The van der Waals surface area contributed by atoms with Gasteiger partial charge in [0, 0.05) is 11.1 Å². The molecule has 4 nitrogen and oxygen atoms in total. The first-order valence-corrected chi connectivity index (χ1v) is 7.00. The molecule has 2 N–H and O–H groups in total. The van der Waals surface area contributed by atoms with Gasteiger partial charge in [0.2, 0.25) is 0 Å². The molecule has 1 rings (SSSR count). The van der Waals surface area contributed by atoms with Gasteiger partial charge in [-0.1, -0.05) is 24.9 Å². The van der Waals surface area contributed by atoms with Crippen LogP contribution in [0.3, 0.4) is 0 Å². The Morgan fingerprint density at radius 1 is 1.45 bits per heavy atom. The molecule has 0 spiro atoms. The van der Waals surface area contributed by atoms with Gasteiger partial charge in [-0.05, 0) is 38.0 Å². The minimum atomic E-state index is -0.757. The molecular formula is C15H19ClN2O2. The van der Waals surface area contributed by atoms with E-state index < -0.39 is 5.97 Å². The van der Waals surface area contributed by atoms with Crippen molar-refractivity contribution in [2.45, 2.75) is 39.2 Å². The van der Waals surface area contributed by atoms with Crippen LogP contribution in [0.2, 0.25) is 5.02 Å². The van der Waals surface area contributed by atoms with Gasteiger partial charge in [-0.2, -0.15) is 5.26 Å². The summed E-state index contributed by atoms with van der Waals surface area (Å²) in [6.07, 6.45) is 2.32. The number of hydrogen-bond donors (Lipinski definition) is 2. The van der Waals surface area contributed by atoms with Crippen molar-refractivity contribution in [1.82, 2.24) is 0 Å². The van der Waals surface area contributed by atoms with Crippen LogP contribution in [0.4, 0.5) is 5.69 Å². The minimum Gasteiger partial charge on any atom is -0.481 e. The van der Waals surface area contributed by atoms with Crippen LogP contribution in [0.25, 0.3) is 0 Å². The van der Waals surface area contributed by atoms with E-state index in [1.54, 1.807) is 25.1 Å². The van der Waals surface area contributed by atoms with E-state index >= 15 is 0 Å². The van der Waals surface area contributed by atoms with E-state index in [1.165, 1.54) is 0 Å². The summed E-state index contributed by atoms with van der Waals surface area (Å²) in [6.45, 7) is 3.72. The highest BCUT2D eigenvalue weighted by molar-refractivity contribution is 6.30. The second kappa shape index (κ2) is 7.76. The Morgan fingerprint density at radius 3 is 2.75 bits per heavy atom. The minimum absolute atomic E-state index is 0.154. The van der Waals surface area contributed by atoms with Crippen molar-refractivity contribution in [1.29, 1.82) is 5.26 Å². The number of nitrogens with zero attached hydrogens (tertiary/aromatic N) is 1. The summed E-state index contributed by atoms with van der Waals surface area (Å²) in [6, 6.07) is 7.37. The van der Waals surface area contributed by atoms with Gasteiger partial charge in [0.1, 0.15) is 6.07 Å². The van der Waals surface area contributed by atoms with E-state index in [1.807, 2.05) is 6.92 Å². The number of anilines is 1. The Balaban J connectivity index is 2.50. The predicted molar refractivity (Wildman–Crippen MR) is 79.9 cm³/mol. The van der Waals surface area contributed by atoms with Crippen LogP contribution in [-0.2, 0) is 4.79 Å². The first kappa shape index (κ1) is 16.3. The molecule has 0 fully saturated rings. The van der Waals surface area contributed by atoms with Crippen LogP contribution < -0.4 is 5.32 Å². The number of carboxylic acid groups (broad SMARTS) is 1. The van der Waals surface area contributed by atoms with Crippen LogP contribution in [0.1, 0.15) is 38.7 Å². The van der Waals surface area contributed by atoms with Crippen LogP contribution in [0.15, 0.2) is 18.2 Å². The summed E-state index contributed by atoms with van der Waals surface area (Å²) in [5.41, 5.74) is 1.28. The maximum Gasteiger partial charge on any atom is 0.306 e. The molecule has 0 aliphatic rings. The molecule has 0 bridgehead atoms. The molecule has 108 valence electrons. The third-order valence-electron chi connectivity index (χ3n) is 3.20. The summed E-state index contributed by atoms with van der Waals surface area (Å²) in [7, 11) is 0. The number of carboxylic acids is 1. The molecule has 0 saturated heterocycles. The highest BCUT2D eigenvalue weighted by atomic mass is 35.5. The largest absolute Gasteiger partial charge is 0.481 e. The lowest BCUT2D eigenvalue weighted by molar-refractivity contribution is -0.141. The first-order chi connectivity index (χ1) is 9.43.